The second-order valence-corrected chi connectivity index (χ2v) is 3.19. The molecule has 12 heavy (non-hydrogen) atoms. The summed E-state index contributed by atoms with van der Waals surface area (Å²) in [5.74, 6) is 0. The highest BCUT2D eigenvalue weighted by atomic mass is 31.2. The van der Waals surface area contributed by atoms with Gasteiger partial charge >= 0.3 is 7.82 Å². The van der Waals surface area contributed by atoms with Crippen LogP contribution in [0, 0.1) is 0 Å². The molecule has 72 valence electrons. The summed E-state index contributed by atoms with van der Waals surface area (Å²) >= 11 is 0. The molecule has 0 saturated heterocycles. The van der Waals surface area contributed by atoms with Crippen LogP contribution in [0.15, 0.2) is 0 Å². The Kier molecular flexibility index (Phi) is 5.03. The topological polar surface area (TPSA) is 107 Å². The number of hydrogen-bond acceptors (Lipinski definition) is 4. The van der Waals surface area contributed by atoms with Gasteiger partial charge in [0.15, 0.2) is 0 Å². The van der Waals surface area contributed by atoms with Crippen molar-refractivity contribution in [3.05, 3.63) is 0 Å². The Morgan fingerprint density at radius 1 is 1.50 bits per heavy atom. The van der Waals surface area contributed by atoms with Gasteiger partial charge in [-0.1, -0.05) is 0 Å². The number of hydrogen-bond donors (Lipinski definition) is 3. The van der Waals surface area contributed by atoms with E-state index in [9.17, 15) is 9.36 Å². The molecule has 0 aromatic rings. The minimum absolute atomic E-state index is 0.0243. The third-order valence-electron chi connectivity index (χ3n) is 0.913. The number of phosphoric acid groups is 1. The first-order valence-electron chi connectivity index (χ1n) is 3.06. The zero-order valence-corrected chi connectivity index (χ0v) is 7.05. The van der Waals surface area contributed by atoms with Crippen molar-refractivity contribution in [1.82, 2.24) is 5.06 Å². The molecule has 0 aliphatic carbocycles. The molecule has 0 atom stereocenters. The predicted molar refractivity (Wildman–Crippen MR) is 37.2 cm³/mol. The Labute approximate surface area is 68.8 Å². The van der Waals surface area contributed by atoms with Crippen molar-refractivity contribution in [3.63, 3.8) is 0 Å². The molecule has 8 heteroatoms. The van der Waals surface area contributed by atoms with Gasteiger partial charge in [0.2, 0.25) is 6.41 Å². The van der Waals surface area contributed by atoms with Crippen LogP contribution < -0.4 is 0 Å². The number of carbonyl (C=O) groups excluding carboxylic acids is 1. The first kappa shape index (κ1) is 11.5. The highest BCUT2D eigenvalue weighted by Gasteiger charge is 2.12. The van der Waals surface area contributed by atoms with Crippen LogP contribution in [0.1, 0.15) is 6.42 Å². The van der Waals surface area contributed by atoms with E-state index in [1.54, 1.807) is 0 Å². The van der Waals surface area contributed by atoms with Crippen molar-refractivity contribution < 1.29 is 28.9 Å². The molecule has 3 N–H and O–H groups in total. The second-order valence-electron chi connectivity index (χ2n) is 1.95. The van der Waals surface area contributed by atoms with E-state index in [2.05, 4.69) is 4.52 Å². The van der Waals surface area contributed by atoms with Gasteiger partial charge in [0.1, 0.15) is 0 Å². The maximum Gasteiger partial charge on any atom is 0.469 e. The average Bonchev–Trinajstić information content (AvgIpc) is 1.96. The van der Waals surface area contributed by atoms with Crippen LogP contribution in [-0.4, -0.2) is 39.6 Å². The van der Waals surface area contributed by atoms with Crippen LogP contribution in [0.3, 0.4) is 0 Å². The fourth-order valence-corrected chi connectivity index (χ4v) is 0.830. The summed E-state index contributed by atoms with van der Waals surface area (Å²) in [6.45, 7) is -0.237. The highest BCUT2D eigenvalue weighted by molar-refractivity contribution is 7.46. The highest BCUT2D eigenvalue weighted by Crippen LogP contribution is 2.35. The van der Waals surface area contributed by atoms with Gasteiger partial charge in [0.25, 0.3) is 0 Å². The summed E-state index contributed by atoms with van der Waals surface area (Å²) in [5, 5.41) is 8.87. The van der Waals surface area contributed by atoms with E-state index in [-0.39, 0.29) is 26.0 Å². The van der Waals surface area contributed by atoms with E-state index in [1.807, 2.05) is 0 Å². The number of phosphoric ester groups is 1. The fraction of sp³-hybridized carbons (Fsp3) is 0.750. The SMILES string of the molecule is O=CN(O)CCCOP(=O)(O)O. The molecule has 0 saturated carbocycles. The fourth-order valence-electron chi connectivity index (χ4n) is 0.463. The quantitative estimate of drug-likeness (QED) is 0.172. The molecule has 0 radical (unpaired) electrons. The lowest BCUT2D eigenvalue weighted by atomic mass is 10.4. The number of carbonyl (C=O) groups is 1. The van der Waals surface area contributed by atoms with E-state index in [1.165, 1.54) is 0 Å². The molecular formula is C4H10NO6P. The summed E-state index contributed by atoms with van der Waals surface area (Å²) in [6, 6.07) is 0. The van der Waals surface area contributed by atoms with Crippen molar-refractivity contribution in [2.45, 2.75) is 6.42 Å². The molecule has 0 aliphatic heterocycles. The van der Waals surface area contributed by atoms with Crippen LogP contribution in [0.2, 0.25) is 0 Å². The lowest BCUT2D eigenvalue weighted by Gasteiger charge is -2.08. The first-order valence-corrected chi connectivity index (χ1v) is 4.59. The molecule has 1 amide bonds. The molecular weight excluding hydrogens is 189 g/mol. The molecule has 0 heterocycles. The third-order valence-corrected chi connectivity index (χ3v) is 1.43. The van der Waals surface area contributed by atoms with Crippen molar-refractivity contribution in [2.24, 2.45) is 0 Å². The largest absolute Gasteiger partial charge is 0.469 e. The second kappa shape index (κ2) is 5.23. The normalized spacial score (nSPS) is 11.2. The molecule has 0 aromatic heterocycles. The van der Waals surface area contributed by atoms with E-state index in [0.29, 0.717) is 5.06 Å². The monoisotopic (exact) mass is 199 g/mol. The van der Waals surface area contributed by atoms with E-state index in [4.69, 9.17) is 15.0 Å². The van der Waals surface area contributed by atoms with Gasteiger partial charge in [-0.15, -0.1) is 0 Å². The summed E-state index contributed by atoms with van der Waals surface area (Å²) in [7, 11) is -4.42. The van der Waals surface area contributed by atoms with Crippen LogP contribution in [0.25, 0.3) is 0 Å². The molecule has 0 unspecified atom stereocenters. The van der Waals surface area contributed by atoms with Gasteiger partial charge in [0.05, 0.1) is 13.2 Å². The lowest BCUT2D eigenvalue weighted by molar-refractivity contribution is -0.150. The molecule has 0 aromatic carbocycles. The summed E-state index contributed by atoms with van der Waals surface area (Å²) in [4.78, 5) is 26.1. The summed E-state index contributed by atoms with van der Waals surface area (Å²) in [6.07, 6.45) is 0.345. The zero-order chi connectivity index (χ0) is 9.61. The molecule has 0 rings (SSSR count). The van der Waals surface area contributed by atoms with Gasteiger partial charge in [-0.3, -0.25) is 14.5 Å². The average molecular weight is 199 g/mol. The Balaban J connectivity index is 3.34. The minimum atomic E-state index is -4.42. The Bertz CT molecular complexity index is 178. The maximum atomic E-state index is 10.1. The van der Waals surface area contributed by atoms with Gasteiger partial charge in [-0.2, -0.15) is 0 Å². The van der Waals surface area contributed by atoms with Crippen molar-refractivity contribution >= 4 is 14.2 Å². The van der Waals surface area contributed by atoms with Gasteiger partial charge in [0, 0.05) is 0 Å². The van der Waals surface area contributed by atoms with Crippen LogP contribution in [0.5, 0.6) is 0 Å². The molecule has 0 fully saturated rings. The summed E-state index contributed by atoms with van der Waals surface area (Å²) < 4.78 is 14.1. The molecule has 0 bridgehead atoms. The molecule has 0 aliphatic rings. The van der Waals surface area contributed by atoms with E-state index in [0.717, 1.165) is 0 Å². The lowest BCUT2D eigenvalue weighted by Crippen LogP contribution is -2.19. The smallest absolute Gasteiger partial charge is 0.303 e. The van der Waals surface area contributed by atoms with Crippen LogP contribution in [0.4, 0.5) is 0 Å². The van der Waals surface area contributed by atoms with Crippen molar-refractivity contribution in [3.8, 4) is 0 Å². The zero-order valence-electron chi connectivity index (χ0n) is 6.16. The third kappa shape index (κ3) is 7.64. The standard InChI is InChI=1S/C4H10NO6P/c6-4-5(7)2-1-3-11-12(8,9)10/h4,7H,1-3H2,(H2,8,9,10). The van der Waals surface area contributed by atoms with Crippen LogP contribution >= 0.6 is 7.82 Å². The maximum absolute atomic E-state index is 10.1. The molecule has 0 spiro atoms. The van der Waals surface area contributed by atoms with E-state index < -0.39 is 7.82 Å². The van der Waals surface area contributed by atoms with Crippen molar-refractivity contribution in [1.29, 1.82) is 0 Å². The van der Waals surface area contributed by atoms with Crippen LogP contribution in [-0.2, 0) is 13.9 Å². The number of amides is 1. The summed E-state index contributed by atoms with van der Waals surface area (Å²) in [5.41, 5.74) is 0. The Hall–Kier alpha value is -0.460. The van der Waals surface area contributed by atoms with Gasteiger partial charge < -0.3 is 9.79 Å². The molecule has 7 nitrogen and oxygen atoms in total. The number of rotatable bonds is 6. The van der Waals surface area contributed by atoms with Gasteiger partial charge in [-0.25, -0.2) is 9.63 Å². The minimum Gasteiger partial charge on any atom is -0.303 e. The van der Waals surface area contributed by atoms with Crippen molar-refractivity contribution in [2.75, 3.05) is 13.2 Å². The van der Waals surface area contributed by atoms with E-state index >= 15 is 0 Å². The Morgan fingerprint density at radius 3 is 2.50 bits per heavy atom. The predicted octanol–water partition coefficient (Wildman–Crippen LogP) is -0.667. The number of nitrogens with zero attached hydrogens (tertiary/aromatic N) is 1. The first-order chi connectivity index (χ1) is 5.45. The van der Waals surface area contributed by atoms with Gasteiger partial charge in [-0.05, 0) is 6.42 Å². The Morgan fingerprint density at radius 2 is 2.08 bits per heavy atom. The number of hydroxylamine groups is 2.